The van der Waals surface area contributed by atoms with Crippen LogP contribution in [0.2, 0.25) is 0 Å². The molecule has 0 amide bonds. The normalized spacial score (nSPS) is 12.9. The standard InChI is InChI=1S/C14H16N4O2/c15-14(18-20)11-6-7-13(16-8-11)17-12(9-19)10-4-2-1-3-5-10/h1-8,12,19-20H,9H2,(H2,15,18)(H,16,17). The van der Waals surface area contributed by atoms with Gasteiger partial charge in [0.2, 0.25) is 0 Å². The van der Waals surface area contributed by atoms with Crippen LogP contribution in [0.15, 0.2) is 53.8 Å². The number of aliphatic hydroxyl groups excluding tert-OH is 1. The highest BCUT2D eigenvalue weighted by atomic mass is 16.4. The Morgan fingerprint density at radius 3 is 2.55 bits per heavy atom. The predicted octanol–water partition coefficient (Wildman–Crippen LogP) is 1.32. The molecule has 0 saturated carbocycles. The number of hydrogen-bond acceptors (Lipinski definition) is 5. The van der Waals surface area contributed by atoms with Gasteiger partial charge in [0.15, 0.2) is 5.84 Å². The Bertz CT molecular complexity index is 569. The molecule has 0 saturated heterocycles. The van der Waals surface area contributed by atoms with Crippen molar-refractivity contribution in [2.75, 3.05) is 11.9 Å². The summed E-state index contributed by atoms with van der Waals surface area (Å²) in [5.74, 6) is 0.605. The average molecular weight is 272 g/mol. The monoisotopic (exact) mass is 272 g/mol. The van der Waals surface area contributed by atoms with Crippen LogP contribution < -0.4 is 11.1 Å². The van der Waals surface area contributed by atoms with Crippen LogP contribution >= 0.6 is 0 Å². The Kier molecular flexibility index (Phi) is 4.52. The first-order valence-electron chi connectivity index (χ1n) is 6.11. The van der Waals surface area contributed by atoms with Crippen molar-refractivity contribution in [3.8, 4) is 0 Å². The van der Waals surface area contributed by atoms with Crippen LogP contribution in [0.5, 0.6) is 0 Å². The largest absolute Gasteiger partial charge is 0.409 e. The Labute approximate surface area is 116 Å². The van der Waals surface area contributed by atoms with E-state index in [1.165, 1.54) is 6.20 Å². The van der Waals surface area contributed by atoms with Crippen molar-refractivity contribution in [3.63, 3.8) is 0 Å². The molecule has 0 spiro atoms. The minimum absolute atomic E-state index is 0.00539. The topological polar surface area (TPSA) is 104 Å². The smallest absolute Gasteiger partial charge is 0.171 e. The maximum absolute atomic E-state index is 9.46. The van der Waals surface area contributed by atoms with Crippen molar-refractivity contribution in [2.24, 2.45) is 10.9 Å². The van der Waals surface area contributed by atoms with E-state index in [2.05, 4.69) is 15.5 Å². The highest BCUT2D eigenvalue weighted by Crippen LogP contribution is 2.17. The molecule has 5 N–H and O–H groups in total. The highest BCUT2D eigenvalue weighted by molar-refractivity contribution is 5.96. The summed E-state index contributed by atoms with van der Waals surface area (Å²) in [5.41, 5.74) is 6.96. The Morgan fingerprint density at radius 1 is 1.25 bits per heavy atom. The highest BCUT2D eigenvalue weighted by Gasteiger charge is 2.10. The molecule has 1 heterocycles. The fourth-order valence-electron chi connectivity index (χ4n) is 1.79. The molecule has 6 nitrogen and oxygen atoms in total. The lowest BCUT2D eigenvalue weighted by atomic mass is 10.1. The van der Waals surface area contributed by atoms with Gasteiger partial charge in [-0.2, -0.15) is 0 Å². The Balaban J connectivity index is 2.12. The van der Waals surface area contributed by atoms with Crippen molar-refractivity contribution in [1.29, 1.82) is 0 Å². The van der Waals surface area contributed by atoms with Crippen LogP contribution in [0.1, 0.15) is 17.2 Å². The zero-order chi connectivity index (χ0) is 14.4. The summed E-state index contributed by atoms with van der Waals surface area (Å²) in [4.78, 5) is 4.17. The number of amidine groups is 1. The molecule has 2 rings (SSSR count). The first-order chi connectivity index (χ1) is 9.74. The number of pyridine rings is 1. The minimum Gasteiger partial charge on any atom is -0.409 e. The molecule has 0 fully saturated rings. The van der Waals surface area contributed by atoms with Gasteiger partial charge < -0.3 is 21.4 Å². The van der Waals surface area contributed by atoms with Crippen molar-refractivity contribution in [1.82, 2.24) is 4.98 Å². The van der Waals surface area contributed by atoms with E-state index >= 15 is 0 Å². The summed E-state index contributed by atoms with van der Waals surface area (Å²) in [6, 6.07) is 12.8. The van der Waals surface area contributed by atoms with Gasteiger partial charge in [-0.1, -0.05) is 35.5 Å². The first kappa shape index (κ1) is 13.8. The van der Waals surface area contributed by atoms with Crippen molar-refractivity contribution in [3.05, 3.63) is 59.8 Å². The third-order valence-corrected chi connectivity index (χ3v) is 2.87. The van der Waals surface area contributed by atoms with E-state index in [-0.39, 0.29) is 18.5 Å². The van der Waals surface area contributed by atoms with Gasteiger partial charge in [0.1, 0.15) is 5.82 Å². The second-order valence-corrected chi connectivity index (χ2v) is 4.21. The molecule has 0 radical (unpaired) electrons. The van der Waals surface area contributed by atoms with E-state index in [1.54, 1.807) is 12.1 Å². The average Bonchev–Trinajstić information content (AvgIpc) is 2.53. The van der Waals surface area contributed by atoms with Crippen LogP contribution in [0.25, 0.3) is 0 Å². The zero-order valence-corrected chi connectivity index (χ0v) is 10.8. The Hall–Kier alpha value is -2.60. The van der Waals surface area contributed by atoms with Gasteiger partial charge in [0.25, 0.3) is 0 Å². The molecule has 0 aliphatic rings. The van der Waals surface area contributed by atoms with Gasteiger partial charge in [-0.3, -0.25) is 0 Å². The summed E-state index contributed by atoms with van der Waals surface area (Å²) in [6.45, 7) is -0.0479. The SMILES string of the molecule is N/C(=N\O)c1ccc(NC(CO)c2ccccc2)nc1. The molecule has 1 aromatic carbocycles. The van der Waals surface area contributed by atoms with E-state index in [9.17, 15) is 5.11 Å². The third-order valence-electron chi connectivity index (χ3n) is 2.87. The zero-order valence-electron chi connectivity index (χ0n) is 10.8. The molecule has 104 valence electrons. The lowest BCUT2D eigenvalue weighted by Gasteiger charge is -2.17. The number of rotatable bonds is 5. The van der Waals surface area contributed by atoms with Crippen molar-refractivity contribution < 1.29 is 10.3 Å². The maximum Gasteiger partial charge on any atom is 0.171 e. The van der Waals surface area contributed by atoms with Gasteiger partial charge in [-0.25, -0.2) is 4.98 Å². The second-order valence-electron chi connectivity index (χ2n) is 4.21. The minimum atomic E-state index is -0.238. The number of nitrogens with zero attached hydrogens (tertiary/aromatic N) is 2. The number of nitrogens with one attached hydrogen (secondary N) is 1. The Morgan fingerprint density at radius 2 is 2.00 bits per heavy atom. The lowest BCUT2D eigenvalue weighted by molar-refractivity contribution is 0.276. The molecule has 2 aromatic rings. The summed E-state index contributed by atoms with van der Waals surface area (Å²) in [6.07, 6.45) is 1.50. The first-order valence-corrected chi connectivity index (χ1v) is 6.11. The van der Waals surface area contributed by atoms with E-state index in [4.69, 9.17) is 10.9 Å². The molecular weight excluding hydrogens is 256 g/mol. The number of oxime groups is 1. The summed E-state index contributed by atoms with van der Waals surface area (Å²) in [5, 5.41) is 24.1. The number of hydrogen-bond donors (Lipinski definition) is 4. The number of benzene rings is 1. The van der Waals surface area contributed by atoms with Crippen LogP contribution in [-0.4, -0.2) is 27.7 Å². The van der Waals surface area contributed by atoms with Crippen LogP contribution in [-0.2, 0) is 0 Å². The number of anilines is 1. The molecule has 0 aliphatic carbocycles. The summed E-state index contributed by atoms with van der Waals surface area (Å²) >= 11 is 0. The van der Waals surface area contributed by atoms with E-state index < -0.39 is 0 Å². The molecule has 1 unspecified atom stereocenters. The predicted molar refractivity (Wildman–Crippen MR) is 76.6 cm³/mol. The van der Waals surface area contributed by atoms with Gasteiger partial charge in [-0.05, 0) is 17.7 Å². The second kappa shape index (κ2) is 6.53. The molecule has 20 heavy (non-hydrogen) atoms. The molecule has 0 bridgehead atoms. The lowest BCUT2D eigenvalue weighted by Crippen LogP contribution is -2.17. The van der Waals surface area contributed by atoms with E-state index in [1.807, 2.05) is 30.3 Å². The fraction of sp³-hybridized carbons (Fsp3) is 0.143. The number of aliphatic hydroxyl groups is 1. The summed E-state index contributed by atoms with van der Waals surface area (Å²) in [7, 11) is 0. The van der Waals surface area contributed by atoms with Crippen molar-refractivity contribution in [2.45, 2.75) is 6.04 Å². The van der Waals surface area contributed by atoms with E-state index in [0.717, 1.165) is 5.56 Å². The quantitative estimate of drug-likeness (QED) is 0.284. The van der Waals surface area contributed by atoms with Crippen molar-refractivity contribution >= 4 is 11.7 Å². The van der Waals surface area contributed by atoms with Gasteiger partial charge >= 0.3 is 0 Å². The number of aromatic nitrogens is 1. The van der Waals surface area contributed by atoms with Crippen LogP contribution in [0, 0.1) is 0 Å². The van der Waals surface area contributed by atoms with Gasteiger partial charge in [0.05, 0.1) is 12.6 Å². The molecular formula is C14H16N4O2. The van der Waals surface area contributed by atoms with Gasteiger partial charge in [0, 0.05) is 11.8 Å². The van der Waals surface area contributed by atoms with Crippen LogP contribution in [0.3, 0.4) is 0 Å². The molecule has 6 heteroatoms. The third kappa shape index (κ3) is 3.24. The summed E-state index contributed by atoms with van der Waals surface area (Å²) < 4.78 is 0. The molecule has 1 atom stereocenters. The van der Waals surface area contributed by atoms with Crippen LogP contribution in [0.4, 0.5) is 5.82 Å². The van der Waals surface area contributed by atoms with Gasteiger partial charge in [-0.15, -0.1) is 0 Å². The maximum atomic E-state index is 9.46. The fourth-order valence-corrected chi connectivity index (χ4v) is 1.79. The molecule has 0 aliphatic heterocycles. The van der Waals surface area contributed by atoms with E-state index in [0.29, 0.717) is 11.4 Å². The molecule has 1 aromatic heterocycles. The number of nitrogens with two attached hydrogens (primary N) is 1.